The minimum Gasteiger partial charge on any atom is -0.393 e. The summed E-state index contributed by atoms with van der Waals surface area (Å²) in [6.07, 6.45) is 14.1. The first-order valence-electron chi connectivity index (χ1n) is 13.7. The minimum absolute atomic E-state index is 0.199. The summed E-state index contributed by atoms with van der Waals surface area (Å²) in [4.78, 5) is 0. The Balaban J connectivity index is 1.31. The first-order chi connectivity index (χ1) is 14.6. The van der Waals surface area contributed by atoms with E-state index in [2.05, 4.69) is 40.7 Å². The molecule has 0 aromatic carbocycles. The molecule has 2 N–H and O–H groups in total. The Labute approximate surface area is 191 Å². The highest BCUT2D eigenvalue weighted by Gasteiger charge is 2.61. The quantitative estimate of drug-likeness (QED) is 0.484. The summed E-state index contributed by atoms with van der Waals surface area (Å²) in [7, 11) is 0. The van der Waals surface area contributed by atoms with Gasteiger partial charge in [0, 0.05) is 0 Å². The molecule has 0 amide bonds. The largest absolute Gasteiger partial charge is 0.393 e. The van der Waals surface area contributed by atoms with Crippen LogP contribution >= 0.6 is 0 Å². The Kier molecular flexibility index (Phi) is 5.70. The third-order valence-corrected chi connectivity index (χ3v) is 11.8. The Hall–Kier alpha value is -0.340. The first kappa shape index (κ1) is 22.5. The molecule has 0 spiro atoms. The van der Waals surface area contributed by atoms with Crippen LogP contribution in [0.15, 0.2) is 11.6 Å². The van der Waals surface area contributed by atoms with E-state index in [-0.39, 0.29) is 17.6 Å². The lowest BCUT2D eigenvalue weighted by Crippen LogP contribution is -2.54. The van der Waals surface area contributed by atoms with Crippen LogP contribution in [0.5, 0.6) is 0 Å². The molecule has 5 aliphatic rings. The van der Waals surface area contributed by atoms with Crippen molar-refractivity contribution < 1.29 is 10.2 Å². The van der Waals surface area contributed by atoms with Crippen LogP contribution in [0.2, 0.25) is 0 Å². The molecular weight excluding hydrogens is 380 g/mol. The van der Waals surface area contributed by atoms with Gasteiger partial charge in [-0.15, -0.1) is 0 Å². The van der Waals surface area contributed by atoms with E-state index < -0.39 is 0 Å². The van der Waals surface area contributed by atoms with Crippen molar-refractivity contribution >= 4 is 0 Å². The SMILES string of the molecule is C[C@H](CC[C@@H](C)[C@H]1CC[C@H]2[C@@H]3[C@@H](O)C=C4C[C@@H](O)CC[C@]4(C)[C@H]3CC[C@]12C)[C@@H]1C[C@H]1C. The summed E-state index contributed by atoms with van der Waals surface area (Å²) in [6.45, 7) is 12.5. The van der Waals surface area contributed by atoms with Gasteiger partial charge in [0.15, 0.2) is 0 Å². The van der Waals surface area contributed by atoms with Crippen LogP contribution in [0, 0.1) is 58.2 Å². The van der Waals surface area contributed by atoms with E-state index in [1.807, 2.05) is 0 Å². The summed E-state index contributed by atoms with van der Waals surface area (Å²) in [5, 5.41) is 21.6. The van der Waals surface area contributed by atoms with Gasteiger partial charge in [0.2, 0.25) is 0 Å². The van der Waals surface area contributed by atoms with E-state index in [0.29, 0.717) is 23.2 Å². The second-order valence-electron chi connectivity index (χ2n) is 13.4. The highest BCUT2D eigenvalue weighted by Crippen LogP contribution is 2.67. The van der Waals surface area contributed by atoms with Crippen molar-refractivity contribution in [2.45, 2.75) is 111 Å². The molecule has 0 aromatic heterocycles. The normalized spacial score (nSPS) is 53.1. The van der Waals surface area contributed by atoms with Crippen LogP contribution in [-0.4, -0.2) is 22.4 Å². The third-order valence-electron chi connectivity index (χ3n) is 11.8. The van der Waals surface area contributed by atoms with Gasteiger partial charge in [-0.05, 0) is 110 Å². The highest BCUT2D eigenvalue weighted by atomic mass is 16.3. The maximum absolute atomic E-state index is 11.3. The first-order valence-corrected chi connectivity index (χ1v) is 13.7. The zero-order valence-electron chi connectivity index (χ0n) is 20.8. The van der Waals surface area contributed by atoms with Gasteiger partial charge < -0.3 is 10.2 Å². The Morgan fingerprint density at radius 1 is 0.968 bits per heavy atom. The molecule has 0 radical (unpaired) electrons. The van der Waals surface area contributed by atoms with Crippen molar-refractivity contribution in [3.05, 3.63) is 11.6 Å². The summed E-state index contributed by atoms with van der Waals surface area (Å²) < 4.78 is 0. The molecule has 4 fully saturated rings. The molecule has 31 heavy (non-hydrogen) atoms. The van der Waals surface area contributed by atoms with E-state index in [1.165, 1.54) is 50.5 Å². The molecule has 5 aliphatic carbocycles. The van der Waals surface area contributed by atoms with Crippen molar-refractivity contribution in [1.82, 2.24) is 0 Å². The van der Waals surface area contributed by atoms with Gasteiger partial charge in [-0.2, -0.15) is 0 Å². The molecule has 4 saturated carbocycles. The second-order valence-corrected chi connectivity index (χ2v) is 13.4. The molecule has 0 unspecified atom stereocenters. The number of rotatable bonds is 5. The van der Waals surface area contributed by atoms with Crippen molar-refractivity contribution in [2.75, 3.05) is 0 Å². The van der Waals surface area contributed by atoms with Crippen molar-refractivity contribution in [3.8, 4) is 0 Å². The van der Waals surface area contributed by atoms with Crippen LogP contribution < -0.4 is 0 Å². The lowest BCUT2D eigenvalue weighted by Gasteiger charge is -2.59. The maximum Gasteiger partial charge on any atom is 0.0757 e. The summed E-state index contributed by atoms with van der Waals surface area (Å²) in [5.74, 6) is 6.25. The second kappa shape index (κ2) is 7.86. The smallest absolute Gasteiger partial charge is 0.0757 e. The minimum atomic E-state index is -0.298. The van der Waals surface area contributed by atoms with E-state index in [0.717, 1.165) is 48.9 Å². The average molecular weight is 429 g/mol. The van der Waals surface area contributed by atoms with Gasteiger partial charge in [-0.1, -0.05) is 59.1 Å². The molecule has 2 nitrogen and oxygen atoms in total. The van der Waals surface area contributed by atoms with Crippen LogP contribution in [-0.2, 0) is 0 Å². The fourth-order valence-electron chi connectivity index (χ4n) is 9.69. The van der Waals surface area contributed by atoms with Crippen molar-refractivity contribution in [2.24, 2.45) is 58.2 Å². The number of aliphatic hydroxyl groups excluding tert-OH is 2. The molecular formula is C29H48O2. The molecule has 0 saturated heterocycles. The van der Waals surface area contributed by atoms with Crippen molar-refractivity contribution in [3.63, 3.8) is 0 Å². The summed E-state index contributed by atoms with van der Waals surface area (Å²) in [5.41, 5.74) is 1.99. The zero-order chi connectivity index (χ0) is 22.1. The lowest BCUT2D eigenvalue weighted by molar-refractivity contribution is -0.0971. The molecule has 5 rings (SSSR count). The number of fused-ring (bicyclic) bond motifs is 5. The van der Waals surface area contributed by atoms with Crippen LogP contribution in [0.4, 0.5) is 0 Å². The molecule has 0 aromatic rings. The molecule has 0 heterocycles. The monoisotopic (exact) mass is 428 g/mol. The third kappa shape index (κ3) is 3.58. The van der Waals surface area contributed by atoms with Crippen molar-refractivity contribution in [1.29, 1.82) is 0 Å². The Morgan fingerprint density at radius 2 is 1.68 bits per heavy atom. The Morgan fingerprint density at radius 3 is 2.39 bits per heavy atom. The van der Waals surface area contributed by atoms with Gasteiger partial charge in [0.25, 0.3) is 0 Å². The van der Waals surface area contributed by atoms with Gasteiger partial charge >= 0.3 is 0 Å². The lowest BCUT2D eigenvalue weighted by atomic mass is 9.46. The van der Waals surface area contributed by atoms with Crippen LogP contribution in [0.25, 0.3) is 0 Å². The molecule has 12 atom stereocenters. The van der Waals surface area contributed by atoms with E-state index in [9.17, 15) is 10.2 Å². The fraction of sp³-hybridized carbons (Fsp3) is 0.931. The predicted molar refractivity (Wildman–Crippen MR) is 127 cm³/mol. The molecule has 0 bridgehead atoms. The predicted octanol–water partition coefficient (Wildman–Crippen LogP) is 6.61. The fourth-order valence-corrected chi connectivity index (χ4v) is 9.69. The molecule has 0 aliphatic heterocycles. The van der Waals surface area contributed by atoms with Gasteiger partial charge in [0.1, 0.15) is 0 Å². The zero-order valence-corrected chi connectivity index (χ0v) is 20.8. The van der Waals surface area contributed by atoms with E-state index in [4.69, 9.17) is 0 Å². The molecule has 2 heteroatoms. The van der Waals surface area contributed by atoms with E-state index in [1.54, 1.807) is 0 Å². The highest BCUT2D eigenvalue weighted by molar-refractivity contribution is 5.27. The van der Waals surface area contributed by atoms with Crippen LogP contribution in [0.3, 0.4) is 0 Å². The average Bonchev–Trinajstić information content (AvgIpc) is 3.35. The summed E-state index contributed by atoms with van der Waals surface area (Å²) in [6, 6.07) is 0. The van der Waals surface area contributed by atoms with Gasteiger partial charge in [0.05, 0.1) is 12.2 Å². The van der Waals surface area contributed by atoms with E-state index >= 15 is 0 Å². The van der Waals surface area contributed by atoms with Crippen LogP contribution in [0.1, 0.15) is 98.8 Å². The summed E-state index contributed by atoms with van der Waals surface area (Å²) >= 11 is 0. The standard InChI is InChI=1S/C29H48O2/c1-17(22-14-19(22)3)6-7-18(2)23-8-9-24-27-25(11-13-29(23,24)5)28(4)12-10-21(30)15-20(28)16-26(27)31/h16-19,21-27,30-31H,6-15H2,1-5H3/t17-,18-,19-,21+,22+,23-,24+,25+,26+,27+,28+,29-/m1/s1. The Bertz CT molecular complexity index is 714. The maximum atomic E-state index is 11.3. The number of aliphatic hydroxyl groups is 2. The van der Waals surface area contributed by atoms with Gasteiger partial charge in [-0.3, -0.25) is 0 Å². The van der Waals surface area contributed by atoms with Gasteiger partial charge in [-0.25, -0.2) is 0 Å². The topological polar surface area (TPSA) is 40.5 Å². The number of hydrogen-bond donors (Lipinski definition) is 2. The molecule has 176 valence electrons. The number of hydrogen-bond acceptors (Lipinski definition) is 2.